The average molecular weight is 509 g/mol. The highest BCUT2D eigenvalue weighted by Gasteiger charge is 2.23. The molecule has 6 nitrogen and oxygen atoms in total. The monoisotopic (exact) mass is 508 g/mol. The molecule has 4 aromatic rings. The van der Waals surface area contributed by atoms with Crippen molar-refractivity contribution in [3.63, 3.8) is 0 Å². The normalized spacial score (nSPS) is 15.3. The van der Waals surface area contributed by atoms with Gasteiger partial charge >= 0.3 is 5.97 Å². The van der Waals surface area contributed by atoms with Crippen molar-refractivity contribution >= 4 is 28.2 Å². The molecule has 6 heteroatoms. The molecule has 0 spiro atoms. The van der Waals surface area contributed by atoms with Crippen LogP contribution in [0, 0.1) is 0 Å². The van der Waals surface area contributed by atoms with Crippen molar-refractivity contribution in [2.45, 2.75) is 31.7 Å². The highest BCUT2D eigenvalue weighted by molar-refractivity contribution is 6.00. The number of nitrogens with zero attached hydrogens (tertiary/aromatic N) is 1. The Morgan fingerprint density at radius 3 is 2.42 bits per heavy atom. The van der Waals surface area contributed by atoms with Crippen molar-refractivity contribution in [1.82, 2.24) is 9.88 Å². The zero-order valence-electron chi connectivity index (χ0n) is 21.7. The number of carbonyl (C=O) groups is 2. The summed E-state index contributed by atoms with van der Waals surface area (Å²) in [5.41, 5.74) is 6.62. The number of benzene rings is 3. The number of aryl methyl sites for hydroxylation is 1. The summed E-state index contributed by atoms with van der Waals surface area (Å²) in [6, 6.07) is 23.1. The van der Waals surface area contributed by atoms with Gasteiger partial charge in [-0.1, -0.05) is 42.5 Å². The molecule has 1 unspecified atom stereocenters. The van der Waals surface area contributed by atoms with Crippen LogP contribution in [0.4, 0.5) is 0 Å². The number of aromatic nitrogens is 1. The van der Waals surface area contributed by atoms with Gasteiger partial charge in [0, 0.05) is 41.3 Å². The Morgan fingerprint density at radius 2 is 1.76 bits per heavy atom. The van der Waals surface area contributed by atoms with E-state index in [4.69, 9.17) is 4.74 Å². The third-order valence-electron chi connectivity index (χ3n) is 7.56. The Balaban J connectivity index is 1.42. The number of methoxy groups -OCH3 is 1. The number of hydrogen-bond donors (Lipinski definition) is 2. The molecule has 0 radical (unpaired) electrons. The number of Topliss-reactive ketones (excluding diaryl/α,β-unsaturated/α-hetero) is 1. The molecule has 0 amide bonds. The lowest BCUT2D eigenvalue weighted by Crippen LogP contribution is -2.24. The molecule has 0 fully saturated rings. The van der Waals surface area contributed by atoms with Gasteiger partial charge in [-0.25, -0.2) is 4.79 Å². The van der Waals surface area contributed by atoms with E-state index in [2.05, 4.69) is 40.2 Å². The van der Waals surface area contributed by atoms with Crippen LogP contribution in [0.15, 0.2) is 78.9 Å². The number of ether oxygens (including phenoxy) is 1. The fraction of sp³-hybridized carbons (Fsp3) is 0.250. The molecule has 1 aliphatic carbocycles. The van der Waals surface area contributed by atoms with E-state index < -0.39 is 5.97 Å². The van der Waals surface area contributed by atoms with E-state index in [1.54, 1.807) is 43.5 Å². The molecule has 1 aliphatic rings. The summed E-state index contributed by atoms with van der Waals surface area (Å²) in [5, 5.41) is 13.9. The highest BCUT2D eigenvalue weighted by Crippen LogP contribution is 2.40. The topological polar surface area (TPSA) is 80.6 Å². The first-order valence-electron chi connectivity index (χ1n) is 12.9. The fourth-order valence-corrected chi connectivity index (χ4v) is 5.45. The van der Waals surface area contributed by atoms with Crippen LogP contribution in [0.2, 0.25) is 0 Å². The molecule has 2 N–H and O–H groups in total. The zero-order chi connectivity index (χ0) is 26.6. The summed E-state index contributed by atoms with van der Waals surface area (Å²) in [5.74, 6) is 0.272. The lowest BCUT2D eigenvalue weighted by molar-refractivity contribution is 0.0696. The van der Waals surface area contributed by atoms with E-state index in [0.717, 1.165) is 41.4 Å². The number of ketones is 1. The van der Waals surface area contributed by atoms with Gasteiger partial charge < -0.3 is 19.7 Å². The van der Waals surface area contributed by atoms with E-state index in [-0.39, 0.29) is 17.9 Å². The predicted octanol–water partition coefficient (Wildman–Crippen LogP) is 6.21. The molecule has 0 bridgehead atoms. The molecule has 1 atom stereocenters. The van der Waals surface area contributed by atoms with Crippen LogP contribution in [-0.2, 0) is 13.6 Å². The smallest absolute Gasteiger partial charge is 0.335 e. The van der Waals surface area contributed by atoms with E-state index in [0.29, 0.717) is 23.8 Å². The van der Waals surface area contributed by atoms with E-state index >= 15 is 0 Å². The number of nitrogens with one attached hydrogen (secondary N) is 1. The fourth-order valence-electron chi connectivity index (χ4n) is 5.45. The van der Waals surface area contributed by atoms with Gasteiger partial charge in [0.1, 0.15) is 5.75 Å². The Kier molecular flexibility index (Phi) is 7.43. The standard InChI is InChI=1S/C32H32N2O4/c1-34-28-18-25(32(36)37)14-17-27(28)31(24-10-8-22(9-11-24)21-6-4-3-5-7-21)29(34)19-33-20-30(35)23-12-15-26(38-2)16-13-23/h3-7,10,12-18,22,33H,8-9,11,19-20H2,1-2H3,(H,36,37). The molecule has 5 rings (SSSR count). The van der Waals surface area contributed by atoms with E-state index in [1.807, 2.05) is 19.2 Å². The molecule has 1 aromatic heterocycles. The minimum Gasteiger partial charge on any atom is -0.497 e. The number of rotatable bonds is 9. The highest BCUT2D eigenvalue weighted by atomic mass is 16.5. The van der Waals surface area contributed by atoms with Crippen LogP contribution >= 0.6 is 0 Å². The van der Waals surface area contributed by atoms with Crippen molar-refractivity contribution in [3.05, 3.63) is 107 Å². The van der Waals surface area contributed by atoms with Crippen LogP contribution in [0.5, 0.6) is 5.75 Å². The number of carbonyl (C=O) groups excluding carboxylic acids is 1. The van der Waals surface area contributed by atoms with Gasteiger partial charge in [0.05, 0.1) is 19.2 Å². The van der Waals surface area contributed by atoms with Crippen molar-refractivity contribution < 1.29 is 19.4 Å². The molecule has 194 valence electrons. The second kappa shape index (κ2) is 11.1. The summed E-state index contributed by atoms with van der Waals surface area (Å²) < 4.78 is 7.25. The lowest BCUT2D eigenvalue weighted by Gasteiger charge is -2.23. The third-order valence-corrected chi connectivity index (χ3v) is 7.56. The minimum atomic E-state index is -0.943. The maximum Gasteiger partial charge on any atom is 0.335 e. The summed E-state index contributed by atoms with van der Waals surface area (Å²) in [4.78, 5) is 24.4. The number of allylic oxidation sites excluding steroid dienone is 2. The SMILES string of the molecule is COc1ccc(C(=O)CNCc2c(C3=CCC(c4ccccc4)CC3)c3ccc(C(=O)O)cc3n2C)cc1. The predicted molar refractivity (Wildman–Crippen MR) is 150 cm³/mol. The second-order valence-electron chi connectivity index (χ2n) is 9.78. The van der Waals surface area contributed by atoms with Crippen molar-refractivity contribution in [2.24, 2.45) is 7.05 Å². The minimum absolute atomic E-state index is 0.00344. The quantitative estimate of drug-likeness (QED) is 0.263. The summed E-state index contributed by atoms with van der Waals surface area (Å²) >= 11 is 0. The third kappa shape index (κ3) is 5.13. The Bertz CT molecular complexity index is 1500. The number of aromatic carboxylic acids is 1. The maximum absolute atomic E-state index is 12.8. The first kappa shape index (κ1) is 25.5. The van der Waals surface area contributed by atoms with Crippen LogP contribution in [0.1, 0.15) is 62.7 Å². The second-order valence-corrected chi connectivity index (χ2v) is 9.78. The van der Waals surface area contributed by atoms with Gasteiger partial charge in [-0.2, -0.15) is 0 Å². The number of hydrogen-bond acceptors (Lipinski definition) is 4. The zero-order valence-corrected chi connectivity index (χ0v) is 21.7. The molecule has 0 saturated heterocycles. The van der Waals surface area contributed by atoms with Crippen LogP contribution in [0.25, 0.3) is 16.5 Å². The van der Waals surface area contributed by atoms with Crippen molar-refractivity contribution in [2.75, 3.05) is 13.7 Å². The Morgan fingerprint density at radius 1 is 1.03 bits per heavy atom. The first-order chi connectivity index (χ1) is 18.5. The molecule has 0 aliphatic heterocycles. The summed E-state index contributed by atoms with van der Waals surface area (Å²) in [7, 11) is 3.57. The summed E-state index contributed by atoms with van der Waals surface area (Å²) in [6.45, 7) is 0.688. The Hall–Kier alpha value is -4.16. The molecule has 1 heterocycles. The van der Waals surface area contributed by atoms with Crippen molar-refractivity contribution in [3.8, 4) is 5.75 Å². The summed E-state index contributed by atoms with van der Waals surface area (Å²) in [6.07, 6.45) is 5.30. The van der Waals surface area contributed by atoms with E-state index in [1.165, 1.54) is 11.1 Å². The average Bonchev–Trinajstić information content (AvgIpc) is 3.24. The number of carboxylic acids is 1. The van der Waals surface area contributed by atoms with Crippen LogP contribution in [-0.4, -0.2) is 35.1 Å². The van der Waals surface area contributed by atoms with Crippen LogP contribution in [0.3, 0.4) is 0 Å². The Labute approximate surface area is 222 Å². The van der Waals surface area contributed by atoms with E-state index in [9.17, 15) is 14.7 Å². The van der Waals surface area contributed by atoms with Crippen molar-refractivity contribution in [1.29, 1.82) is 0 Å². The van der Waals surface area contributed by atoms with Gasteiger partial charge in [0.15, 0.2) is 5.78 Å². The van der Waals surface area contributed by atoms with Gasteiger partial charge in [-0.15, -0.1) is 0 Å². The van der Waals surface area contributed by atoms with Crippen LogP contribution < -0.4 is 10.1 Å². The number of carboxylic acid groups (broad SMARTS) is 1. The van der Waals surface area contributed by atoms with Gasteiger partial charge in [-0.05, 0) is 72.7 Å². The van der Waals surface area contributed by atoms with Gasteiger partial charge in [0.2, 0.25) is 0 Å². The molecule has 0 saturated carbocycles. The lowest BCUT2D eigenvalue weighted by atomic mass is 9.82. The molecule has 38 heavy (non-hydrogen) atoms. The molecular weight excluding hydrogens is 476 g/mol. The molecule has 3 aromatic carbocycles. The maximum atomic E-state index is 12.8. The van der Waals surface area contributed by atoms with Gasteiger partial charge in [-0.3, -0.25) is 4.79 Å². The first-order valence-corrected chi connectivity index (χ1v) is 12.9. The number of fused-ring (bicyclic) bond motifs is 1. The molecular formula is C32H32N2O4. The largest absolute Gasteiger partial charge is 0.497 e. The van der Waals surface area contributed by atoms with Gasteiger partial charge in [0.25, 0.3) is 0 Å².